The number of hydrogen-bond donors (Lipinski definition) is 1. The lowest BCUT2D eigenvalue weighted by Crippen LogP contribution is -2.38. The quantitative estimate of drug-likeness (QED) is 0.720. The number of hydrogen-bond acceptors (Lipinski definition) is 2. The van der Waals surface area contributed by atoms with Gasteiger partial charge in [0.15, 0.2) is 0 Å². The van der Waals surface area contributed by atoms with Gasteiger partial charge in [-0.25, -0.2) is 0 Å². The number of aliphatic hydroxyl groups is 1. The number of rotatable bonds is 3. The predicted molar refractivity (Wildman–Crippen MR) is 52.5 cm³/mol. The van der Waals surface area contributed by atoms with Crippen molar-refractivity contribution in [3.8, 4) is 0 Å². The Kier molecular flexibility index (Phi) is 2.75. The van der Waals surface area contributed by atoms with Crippen LogP contribution in [0.5, 0.6) is 0 Å². The molecule has 0 unspecified atom stereocenters. The first-order valence-corrected chi connectivity index (χ1v) is 7.72. The second-order valence-electron chi connectivity index (χ2n) is 4.03. The van der Waals surface area contributed by atoms with Crippen LogP contribution in [0.4, 0.5) is 0 Å². The smallest absolute Gasteiger partial charge is 0.0934 e. The third kappa shape index (κ3) is 1.99. The average molecular weight is 184 g/mol. The van der Waals surface area contributed by atoms with Gasteiger partial charge in [0.05, 0.1) is 20.6 Å². The van der Waals surface area contributed by atoms with Crippen LogP contribution >= 0.6 is 0 Å². The summed E-state index contributed by atoms with van der Waals surface area (Å²) in [4.78, 5) is 0. The molecule has 0 atom stereocenters. The Labute approximate surface area is 74.2 Å². The monoisotopic (exact) mass is 184 g/mol. The fourth-order valence-electron chi connectivity index (χ4n) is 1.30. The van der Waals surface area contributed by atoms with E-state index in [4.69, 9.17) is 9.52 Å². The molecule has 3 heteroatoms. The van der Waals surface area contributed by atoms with Crippen molar-refractivity contribution in [2.24, 2.45) is 0 Å². The first-order valence-electron chi connectivity index (χ1n) is 4.22. The summed E-state index contributed by atoms with van der Waals surface area (Å²) in [7, 11) is -1.27. The molecule has 0 aliphatic carbocycles. The van der Waals surface area contributed by atoms with E-state index in [1.54, 1.807) is 6.26 Å². The molecular weight excluding hydrogens is 168 g/mol. The largest absolute Gasteiger partial charge is 0.472 e. The lowest BCUT2D eigenvalue weighted by Gasteiger charge is -2.15. The first kappa shape index (κ1) is 9.54. The Morgan fingerprint density at radius 2 is 2.00 bits per heavy atom. The third-order valence-electron chi connectivity index (χ3n) is 1.93. The molecule has 0 aliphatic heterocycles. The van der Waals surface area contributed by atoms with Gasteiger partial charge >= 0.3 is 0 Å². The SMILES string of the molecule is C[Si](C)(C)c1cocc1CCO. The third-order valence-corrected chi connectivity index (χ3v) is 3.99. The molecule has 0 amide bonds. The average Bonchev–Trinajstić information content (AvgIpc) is 2.34. The van der Waals surface area contributed by atoms with Crippen molar-refractivity contribution in [2.75, 3.05) is 6.61 Å². The maximum Gasteiger partial charge on any atom is 0.0934 e. The molecule has 0 spiro atoms. The van der Waals surface area contributed by atoms with Crippen LogP contribution in [-0.4, -0.2) is 19.8 Å². The van der Waals surface area contributed by atoms with E-state index >= 15 is 0 Å². The van der Waals surface area contributed by atoms with Crippen molar-refractivity contribution in [1.29, 1.82) is 0 Å². The van der Waals surface area contributed by atoms with E-state index in [1.165, 1.54) is 10.8 Å². The molecular formula is C9H16O2Si. The molecule has 0 saturated carbocycles. The van der Waals surface area contributed by atoms with Gasteiger partial charge in [0.2, 0.25) is 0 Å². The van der Waals surface area contributed by atoms with Crippen LogP contribution in [0.15, 0.2) is 16.9 Å². The zero-order chi connectivity index (χ0) is 9.19. The maximum atomic E-state index is 8.80. The zero-order valence-corrected chi connectivity index (χ0v) is 8.92. The van der Waals surface area contributed by atoms with Crippen molar-refractivity contribution in [3.63, 3.8) is 0 Å². The summed E-state index contributed by atoms with van der Waals surface area (Å²) in [6, 6.07) is 0. The molecule has 1 aromatic heterocycles. The summed E-state index contributed by atoms with van der Waals surface area (Å²) in [5.74, 6) is 0. The molecule has 0 saturated heterocycles. The molecule has 0 bridgehead atoms. The van der Waals surface area contributed by atoms with E-state index in [0.717, 1.165) is 6.42 Å². The van der Waals surface area contributed by atoms with Crippen LogP contribution in [0.3, 0.4) is 0 Å². The Balaban J connectivity index is 2.91. The van der Waals surface area contributed by atoms with Crippen LogP contribution in [0.1, 0.15) is 5.56 Å². The maximum absolute atomic E-state index is 8.80. The lowest BCUT2D eigenvalue weighted by molar-refractivity contribution is 0.299. The first-order chi connectivity index (χ1) is 5.55. The molecule has 0 radical (unpaired) electrons. The molecule has 1 rings (SSSR count). The van der Waals surface area contributed by atoms with Crippen molar-refractivity contribution >= 4 is 13.3 Å². The van der Waals surface area contributed by atoms with Gasteiger partial charge in [-0.15, -0.1) is 0 Å². The highest BCUT2D eigenvalue weighted by Gasteiger charge is 2.21. The number of aliphatic hydroxyl groups excluding tert-OH is 1. The van der Waals surface area contributed by atoms with Crippen LogP contribution in [0.2, 0.25) is 19.6 Å². The van der Waals surface area contributed by atoms with Gasteiger partial charge < -0.3 is 9.52 Å². The van der Waals surface area contributed by atoms with Gasteiger partial charge in [0.1, 0.15) is 0 Å². The van der Waals surface area contributed by atoms with Crippen LogP contribution in [0, 0.1) is 0 Å². The minimum atomic E-state index is -1.27. The van der Waals surface area contributed by atoms with Gasteiger partial charge in [-0.05, 0) is 17.2 Å². The van der Waals surface area contributed by atoms with Gasteiger partial charge in [-0.3, -0.25) is 0 Å². The highest BCUT2D eigenvalue weighted by molar-refractivity contribution is 6.89. The molecule has 1 heterocycles. The second-order valence-corrected chi connectivity index (χ2v) is 9.07. The zero-order valence-electron chi connectivity index (χ0n) is 7.92. The van der Waals surface area contributed by atoms with Crippen molar-refractivity contribution in [1.82, 2.24) is 0 Å². The Hall–Kier alpha value is -0.543. The van der Waals surface area contributed by atoms with Crippen LogP contribution in [-0.2, 0) is 6.42 Å². The topological polar surface area (TPSA) is 33.4 Å². The molecule has 12 heavy (non-hydrogen) atoms. The summed E-state index contributed by atoms with van der Waals surface area (Å²) in [6.07, 6.45) is 4.30. The van der Waals surface area contributed by atoms with E-state index in [2.05, 4.69) is 19.6 Å². The molecule has 1 N–H and O–H groups in total. The summed E-state index contributed by atoms with van der Waals surface area (Å²) in [5.41, 5.74) is 1.18. The molecule has 0 aromatic carbocycles. The molecule has 1 aromatic rings. The summed E-state index contributed by atoms with van der Waals surface area (Å²) < 4.78 is 5.15. The minimum absolute atomic E-state index is 0.205. The van der Waals surface area contributed by atoms with Crippen LogP contribution in [0.25, 0.3) is 0 Å². The normalized spacial score (nSPS) is 12.0. The highest BCUT2D eigenvalue weighted by atomic mass is 28.3. The van der Waals surface area contributed by atoms with Crippen LogP contribution < -0.4 is 5.19 Å². The number of furan rings is 1. The Bertz CT molecular complexity index is 247. The second kappa shape index (κ2) is 3.45. The fraction of sp³-hybridized carbons (Fsp3) is 0.556. The standard InChI is InChI=1S/C9H16O2Si/c1-12(2,3)9-7-11-6-8(9)4-5-10/h6-7,10H,4-5H2,1-3H3. The van der Waals surface area contributed by atoms with Gasteiger partial charge in [0, 0.05) is 6.61 Å². The van der Waals surface area contributed by atoms with Gasteiger partial charge in [0.25, 0.3) is 0 Å². The summed E-state index contributed by atoms with van der Waals surface area (Å²) >= 11 is 0. The van der Waals surface area contributed by atoms with E-state index in [-0.39, 0.29) is 6.61 Å². The predicted octanol–water partition coefficient (Wildman–Crippen LogP) is 1.36. The Morgan fingerprint density at radius 3 is 2.50 bits per heavy atom. The molecule has 2 nitrogen and oxygen atoms in total. The molecule has 0 aliphatic rings. The van der Waals surface area contributed by atoms with Crippen molar-refractivity contribution < 1.29 is 9.52 Å². The summed E-state index contributed by atoms with van der Waals surface area (Å²) in [5, 5.41) is 10.1. The van der Waals surface area contributed by atoms with Gasteiger partial charge in [-0.2, -0.15) is 0 Å². The van der Waals surface area contributed by atoms with Crippen molar-refractivity contribution in [2.45, 2.75) is 26.1 Å². The van der Waals surface area contributed by atoms with E-state index in [9.17, 15) is 0 Å². The summed E-state index contributed by atoms with van der Waals surface area (Å²) in [6.45, 7) is 7.03. The van der Waals surface area contributed by atoms with E-state index < -0.39 is 8.07 Å². The van der Waals surface area contributed by atoms with E-state index in [0.29, 0.717) is 0 Å². The molecule has 0 fully saturated rings. The highest BCUT2D eigenvalue weighted by Crippen LogP contribution is 2.08. The Morgan fingerprint density at radius 1 is 1.33 bits per heavy atom. The lowest BCUT2D eigenvalue weighted by atomic mass is 10.2. The fourth-order valence-corrected chi connectivity index (χ4v) is 2.86. The minimum Gasteiger partial charge on any atom is -0.472 e. The van der Waals surface area contributed by atoms with Crippen molar-refractivity contribution in [3.05, 3.63) is 18.1 Å². The van der Waals surface area contributed by atoms with Gasteiger partial charge in [-0.1, -0.05) is 19.6 Å². The molecule has 68 valence electrons. The van der Waals surface area contributed by atoms with E-state index in [1.807, 2.05) is 6.26 Å².